The second-order valence-corrected chi connectivity index (χ2v) is 3.31. The molecule has 2 heterocycles. The predicted octanol–water partition coefficient (Wildman–Crippen LogP) is -0.524. The fraction of sp³-hybridized carbons (Fsp3) is 1.00. The van der Waals surface area contributed by atoms with E-state index in [1.165, 1.54) is 0 Å². The summed E-state index contributed by atoms with van der Waals surface area (Å²) in [6.07, 6.45) is -0.586. The van der Waals surface area contributed by atoms with Crippen molar-refractivity contribution in [3.8, 4) is 0 Å². The fourth-order valence-corrected chi connectivity index (χ4v) is 1.39. The zero-order valence-corrected chi connectivity index (χ0v) is 6.82. The van der Waals surface area contributed by atoms with Gasteiger partial charge in [0.15, 0.2) is 0 Å². The van der Waals surface area contributed by atoms with Gasteiger partial charge in [0.2, 0.25) is 0 Å². The van der Waals surface area contributed by atoms with Crippen molar-refractivity contribution in [2.24, 2.45) is 5.41 Å². The second kappa shape index (κ2) is 3.34. The summed E-state index contributed by atoms with van der Waals surface area (Å²) >= 11 is 0. The summed E-state index contributed by atoms with van der Waals surface area (Å²) < 4.78 is 20.7. The Morgan fingerprint density at radius 1 is 1.00 bits per heavy atom. The van der Waals surface area contributed by atoms with Gasteiger partial charge in [-0.05, 0) is 0 Å². The van der Waals surface area contributed by atoms with Crippen LogP contribution in [0, 0.1) is 5.41 Å². The van der Waals surface area contributed by atoms with Crippen molar-refractivity contribution in [1.82, 2.24) is 0 Å². The average molecular weight is 170 g/mol. The Morgan fingerprint density at radius 3 is 2.17 bits per heavy atom. The molecule has 5 heteroatoms. The molecule has 2 fully saturated rings. The number of rotatable bonds is 0. The molecule has 0 aromatic rings. The van der Waals surface area contributed by atoms with Crippen LogP contribution < -0.4 is 0 Å². The Morgan fingerprint density at radius 2 is 1.58 bits per heavy atom. The van der Waals surface area contributed by atoms with Crippen molar-refractivity contribution < 1.29 is 18.9 Å². The van der Waals surface area contributed by atoms with Gasteiger partial charge in [0, 0.05) is 0 Å². The van der Waals surface area contributed by atoms with Crippen molar-refractivity contribution >= 4 is 7.85 Å². The highest BCUT2D eigenvalue weighted by atomic mass is 16.7. The molecule has 0 aliphatic carbocycles. The van der Waals surface area contributed by atoms with E-state index in [4.69, 9.17) is 26.8 Å². The van der Waals surface area contributed by atoms with Gasteiger partial charge in [-0.25, -0.2) is 0 Å². The Hall–Kier alpha value is -0.0951. The van der Waals surface area contributed by atoms with E-state index in [0.29, 0.717) is 33.2 Å². The largest absolute Gasteiger partial charge is 0.361 e. The van der Waals surface area contributed by atoms with Gasteiger partial charge in [-0.1, -0.05) is 0 Å². The molecule has 0 N–H and O–H groups in total. The van der Waals surface area contributed by atoms with E-state index < -0.39 is 6.19 Å². The summed E-state index contributed by atoms with van der Waals surface area (Å²) in [5, 5.41) is 0. The summed E-state index contributed by atoms with van der Waals surface area (Å²) in [5.41, 5.74) is -0.131. The molecular formula is C7H11BO4. The first kappa shape index (κ1) is 8.50. The summed E-state index contributed by atoms with van der Waals surface area (Å²) in [5.74, 6) is 0. The minimum absolute atomic E-state index is 0.131. The van der Waals surface area contributed by atoms with Gasteiger partial charge in [-0.15, -0.1) is 0 Å². The van der Waals surface area contributed by atoms with Crippen molar-refractivity contribution in [1.29, 1.82) is 0 Å². The zero-order chi connectivity index (χ0) is 8.44. The molecule has 2 rings (SSSR count). The minimum atomic E-state index is -0.586. The molecule has 0 unspecified atom stereocenters. The number of hydrogen-bond acceptors (Lipinski definition) is 4. The third-order valence-electron chi connectivity index (χ3n) is 2.09. The normalized spacial score (nSPS) is 30.7. The van der Waals surface area contributed by atoms with Gasteiger partial charge < -0.3 is 18.9 Å². The smallest absolute Gasteiger partial charge is 0.149 e. The topological polar surface area (TPSA) is 36.9 Å². The Kier molecular flexibility index (Phi) is 2.36. The molecular weight excluding hydrogens is 159 g/mol. The lowest BCUT2D eigenvalue weighted by atomic mass is 9.90. The van der Waals surface area contributed by atoms with E-state index in [1.54, 1.807) is 0 Å². The molecule has 2 radical (unpaired) electrons. The highest BCUT2D eigenvalue weighted by Crippen LogP contribution is 2.27. The molecule has 12 heavy (non-hydrogen) atoms. The molecule has 0 amide bonds. The standard InChI is InChI=1S/C7H11BO4/c8-6-11-3-7(4-12-6)1-9-5-10-2-7/h6H,1-5H2. The first-order valence-corrected chi connectivity index (χ1v) is 3.95. The SMILES string of the molecule is [B]C1OCC2(COCOC2)CO1. The van der Waals surface area contributed by atoms with Crippen molar-refractivity contribution in [2.75, 3.05) is 33.2 Å². The van der Waals surface area contributed by atoms with Crippen LogP contribution >= 0.6 is 0 Å². The van der Waals surface area contributed by atoms with E-state index in [1.807, 2.05) is 0 Å². The Bertz CT molecular complexity index is 147. The first-order chi connectivity index (χ1) is 5.81. The molecule has 2 aliphatic heterocycles. The molecule has 4 nitrogen and oxygen atoms in total. The van der Waals surface area contributed by atoms with Gasteiger partial charge in [-0.2, -0.15) is 0 Å². The van der Waals surface area contributed by atoms with Gasteiger partial charge in [-0.3, -0.25) is 0 Å². The van der Waals surface area contributed by atoms with Crippen LogP contribution in [-0.2, 0) is 18.9 Å². The molecule has 0 saturated carbocycles. The summed E-state index contributed by atoms with van der Waals surface area (Å²) in [4.78, 5) is 0. The second-order valence-electron chi connectivity index (χ2n) is 3.31. The quantitative estimate of drug-likeness (QED) is 0.458. The van der Waals surface area contributed by atoms with Crippen molar-refractivity contribution in [3.05, 3.63) is 0 Å². The van der Waals surface area contributed by atoms with Gasteiger partial charge in [0.1, 0.15) is 20.8 Å². The van der Waals surface area contributed by atoms with Crippen molar-refractivity contribution in [2.45, 2.75) is 6.19 Å². The van der Waals surface area contributed by atoms with Crippen LogP contribution in [0.25, 0.3) is 0 Å². The van der Waals surface area contributed by atoms with E-state index in [9.17, 15) is 0 Å². The average Bonchev–Trinajstić information content (AvgIpc) is 2.13. The van der Waals surface area contributed by atoms with Gasteiger partial charge >= 0.3 is 0 Å². The Balaban J connectivity index is 1.92. The molecule has 1 spiro atoms. The predicted molar refractivity (Wildman–Crippen MR) is 40.7 cm³/mol. The maximum Gasteiger partial charge on any atom is 0.149 e. The summed E-state index contributed by atoms with van der Waals surface area (Å²) in [6.45, 7) is 2.72. The lowest BCUT2D eigenvalue weighted by Gasteiger charge is -2.41. The van der Waals surface area contributed by atoms with E-state index >= 15 is 0 Å². The first-order valence-electron chi connectivity index (χ1n) is 3.95. The maximum absolute atomic E-state index is 5.40. The Labute approximate surface area is 72.5 Å². The van der Waals surface area contributed by atoms with Crippen LogP contribution in [0.15, 0.2) is 0 Å². The highest BCUT2D eigenvalue weighted by Gasteiger charge is 2.38. The van der Waals surface area contributed by atoms with E-state index in [0.717, 1.165) is 0 Å². The molecule has 0 aromatic carbocycles. The van der Waals surface area contributed by atoms with E-state index in [2.05, 4.69) is 0 Å². The monoisotopic (exact) mass is 170 g/mol. The highest BCUT2D eigenvalue weighted by molar-refractivity contribution is 6.10. The number of ether oxygens (including phenoxy) is 4. The number of hydrogen-bond donors (Lipinski definition) is 0. The summed E-state index contributed by atoms with van der Waals surface area (Å²) in [7, 11) is 5.40. The maximum atomic E-state index is 5.40. The molecule has 0 bridgehead atoms. The van der Waals surface area contributed by atoms with Gasteiger partial charge in [0.25, 0.3) is 0 Å². The molecule has 66 valence electrons. The van der Waals surface area contributed by atoms with Crippen LogP contribution in [0.2, 0.25) is 0 Å². The van der Waals surface area contributed by atoms with Crippen LogP contribution in [0.4, 0.5) is 0 Å². The van der Waals surface area contributed by atoms with Gasteiger partial charge in [0.05, 0.1) is 31.8 Å². The third-order valence-corrected chi connectivity index (χ3v) is 2.09. The third kappa shape index (κ3) is 1.64. The summed E-state index contributed by atoms with van der Waals surface area (Å²) in [6, 6.07) is 0. The van der Waals surface area contributed by atoms with Crippen LogP contribution in [-0.4, -0.2) is 47.3 Å². The molecule has 2 saturated heterocycles. The minimum Gasteiger partial charge on any atom is -0.361 e. The lowest BCUT2D eigenvalue weighted by Crippen LogP contribution is -2.50. The van der Waals surface area contributed by atoms with E-state index in [-0.39, 0.29) is 5.41 Å². The van der Waals surface area contributed by atoms with Crippen LogP contribution in [0.5, 0.6) is 0 Å². The molecule has 0 atom stereocenters. The van der Waals surface area contributed by atoms with Crippen molar-refractivity contribution in [3.63, 3.8) is 0 Å². The lowest BCUT2D eigenvalue weighted by molar-refractivity contribution is -0.257. The zero-order valence-electron chi connectivity index (χ0n) is 6.82. The van der Waals surface area contributed by atoms with Crippen LogP contribution in [0.1, 0.15) is 0 Å². The fourth-order valence-electron chi connectivity index (χ4n) is 1.39. The van der Waals surface area contributed by atoms with Crippen LogP contribution in [0.3, 0.4) is 0 Å². The molecule has 0 aromatic heterocycles. The molecule has 2 aliphatic rings.